The molecule has 0 radical (unpaired) electrons. The van der Waals surface area contributed by atoms with Crippen LogP contribution in [0.2, 0.25) is 10.0 Å². The molecule has 4 heteroatoms. The molecule has 0 aliphatic carbocycles. The number of nitrogens with zero attached hydrogens (tertiary/aromatic N) is 1. The molecule has 0 bridgehead atoms. The van der Waals surface area contributed by atoms with Crippen molar-refractivity contribution in [3.8, 4) is 0 Å². The second kappa shape index (κ2) is 5.80. The van der Waals surface area contributed by atoms with Gasteiger partial charge < -0.3 is 0 Å². The number of ketones is 1. The lowest BCUT2D eigenvalue weighted by Gasteiger charge is -1.99. The van der Waals surface area contributed by atoms with Crippen LogP contribution in [0.3, 0.4) is 0 Å². The third-order valence-corrected chi connectivity index (χ3v) is 3.18. The summed E-state index contributed by atoms with van der Waals surface area (Å²) in [4.78, 5) is 15.7. The first kappa shape index (κ1) is 12.8. The van der Waals surface area contributed by atoms with Crippen molar-refractivity contribution in [2.75, 3.05) is 0 Å². The molecule has 0 aliphatic rings. The fraction of sp³-hybridized carbons (Fsp3) is 0. The predicted molar refractivity (Wildman–Crippen MR) is 74.1 cm³/mol. The lowest BCUT2D eigenvalue weighted by Crippen LogP contribution is -1.94. The molecule has 90 valence electrons. The predicted octanol–water partition coefficient (Wildman–Crippen LogP) is 4.28. The Labute approximate surface area is 115 Å². The van der Waals surface area contributed by atoms with Gasteiger partial charge in [0, 0.05) is 18.0 Å². The van der Waals surface area contributed by atoms with Crippen molar-refractivity contribution in [3.63, 3.8) is 0 Å². The zero-order chi connectivity index (χ0) is 13.0. The number of carbonyl (C=O) groups excluding carboxylic acids is 1. The van der Waals surface area contributed by atoms with Crippen molar-refractivity contribution in [3.05, 3.63) is 70.0 Å². The Balaban J connectivity index is 2.22. The molecular weight excluding hydrogens is 269 g/mol. The van der Waals surface area contributed by atoms with Gasteiger partial charge in [-0.25, -0.2) is 0 Å². The summed E-state index contributed by atoms with van der Waals surface area (Å²) in [7, 11) is 0. The smallest absolute Gasteiger partial charge is 0.187 e. The maximum atomic E-state index is 11.8. The van der Waals surface area contributed by atoms with Crippen molar-refractivity contribution in [2.45, 2.75) is 0 Å². The van der Waals surface area contributed by atoms with Gasteiger partial charge in [-0.1, -0.05) is 35.3 Å². The molecule has 0 unspecified atom stereocenters. The average Bonchev–Trinajstić information content (AvgIpc) is 2.41. The Morgan fingerprint density at radius 2 is 2.00 bits per heavy atom. The summed E-state index contributed by atoms with van der Waals surface area (Å²) in [6, 6.07) is 8.69. The monoisotopic (exact) mass is 277 g/mol. The van der Waals surface area contributed by atoms with Gasteiger partial charge in [0.15, 0.2) is 5.78 Å². The van der Waals surface area contributed by atoms with E-state index >= 15 is 0 Å². The maximum Gasteiger partial charge on any atom is 0.187 e. The van der Waals surface area contributed by atoms with Crippen LogP contribution in [-0.2, 0) is 0 Å². The minimum absolute atomic E-state index is 0.126. The van der Waals surface area contributed by atoms with Crippen LogP contribution in [0.4, 0.5) is 0 Å². The molecule has 0 saturated heterocycles. The highest BCUT2D eigenvalue weighted by Crippen LogP contribution is 2.26. The summed E-state index contributed by atoms with van der Waals surface area (Å²) in [6.45, 7) is 0. The molecule has 0 N–H and O–H groups in total. The molecule has 2 aromatic rings. The van der Waals surface area contributed by atoms with E-state index in [1.165, 1.54) is 12.3 Å². The van der Waals surface area contributed by atoms with Crippen molar-refractivity contribution < 1.29 is 4.79 Å². The van der Waals surface area contributed by atoms with Crippen LogP contribution in [0.15, 0.2) is 48.8 Å². The molecular formula is C14H9Cl2NO. The van der Waals surface area contributed by atoms with Gasteiger partial charge in [-0.3, -0.25) is 9.78 Å². The van der Waals surface area contributed by atoms with Gasteiger partial charge in [0.1, 0.15) is 0 Å². The van der Waals surface area contributed by atoms with Crippen LogP contribution < -0.4 is 0 Å². The highest BCUT2D eigenvalue weighted by molar-refractivity contribution is 6.42. The maximum absolute atomic E-state index is 11.8. The Morgan fingerprint density at radius 1 is 1.17 bits per heavy atom. The van der Waals surface area contributed by atoms with E-state index in [-0.39, 0.29) is 5.78 Å². The Hall–Kier alpha value is -1.64. The van der Waals surface area contributed by atoms with Crippen molar-refractivity contribution in [1.29, 1.82) is 0 Å². The Bertz CT molecular complexity index is 594. The zero-order valence-electron chi connectivity index (χ0n) is 9.31. The molecule has 0 saturated carbocycles. The number of benzene rings is 1. The third kappa shape index (κ3) is 2.97. The van der Waals surface area contributed by atoms with Gasteiger partial charge in [0.25, 0.3) is 0 Å². The second-order valence-corrected chi connectivity index (χ2v) is 4.37. The molecule has 1 heterocycles. The molecule has 0 aliphatic heterocycles. The van der Waals surface area contributed by atoms with Crippen molar-refractivity contribution in [2.24, 2.45) is 0 Å². The van der Waals surface area contributed by atoms with E-state index < -0.39 is 0 Å². The minimum atomic E-state index is -0.126. The summed E-state index contributed by atoms with van der Waals surface area (Å²) in [6.07, 6.45) is 6.23. The molecule has 0 atom stereocenters. The van der Waals surface area contributed by atoms with E-state index in [1.807, 2.05) is 0 Å². The van der Waals surface area contributed by atoms with Gasteiger partial charge in [-0.15, -0.1) is 0 Å². The fourth-order valence-corrected chi connectivity index (χ4v) is 1.79. The fourth-order valence-electron chi connectivity index (χ4n) is 1.42. The molecule has 18 heavy (non-hydrogen) atoms. The third-order valence-electron chi connectivity index (χ3n) is 2.34. The molecule has 1 aromatic carbocycles. The standard InChI is InChI=1S/C14H9Cl2NO/c15-12-5-1-3-10(14(12)16)6-7-13(18)11-4-2-8-17-9-11/h1-9H. The number of halogens is 2. The summed E-state index contributed by atoms with van der Waals surface area (Å²) >= 11 is 11.9. The van der Waals surface area contributed by atoms with Crippen LogP contribution in [0.1, 0.15) is 15.9 Å². The molecule has 1 aromatic heterocycles. The number of hydrogen-bond acceptors (Lipinski definition) is 2. The van der Waals surface area contributed by atoms with Gasteiger partial charge in [-0.05, 0) is 35.9 Å². The zero-order valence-corrected chi connectivity index (χ0v) is 10.8. The first-order valence-electron chi connectivity index (χ1n) is 5.25. The Kier molecular flexibility index (Phi) is 4.13. The van der Waals surface area contributed by atoms with Crippen molar-refractivity contribution >= 4 is 35.1 Å². The van der Waals surface area contributed by atoms with Crippen LogP contribution in [0, 0.1) is 0 Å². The molecule has 0 fully saturated rings. The number of carbonyl (C=O) groups is 1. The number of pyridine rings is 1. The lowest BCUT2D eigenvalue weighted by atomic mass is 10.1. The van der Waals surface area contributed by atoms with Gasteiger partial charge >= 0.3 is 0 Å². The topological polar surface area (TPSA) is 30.0 Å². The van der Waals surface area contributed by atoms with Gasteiger partial charge in [0.2, 0.25) is 0 Å². The van der Waals surface area contributed by atoms with Gasteiger partial charge in [-0.2, -0.15) is 0 Å². The second-order valence-electron chi connectivity index (χ2n) is 3.58. The van der Waals surface area contributed by atoms with Gasteiger partial charge in [0.05, 0.1) is 10.0 Å². The lowest BCUT2D eigenvalue weighted by molar-refractivity contribution is 0.104. The highest BCUT2D eigenvalue weighted by Gasteiger charge is 2.03. The summed E-state index contributed by atoms with van der Waals surface area (Å²) in [5.41, 5.74) is 1.24. The number of aromatic nitrogens is 1. The van der Waals surface area contributed by atoms with Crippen LogP contribution in [0.25, 0.3) is 6.08 Å². The average molecular weight is 278 g/mol. The SMILES string of the molecule is O=C(C=Cc1cccc(Cl)c1Cl)c1cccnc1. The molecule has 0 amide bonds. The first-order chi connectivity index (χ1) is 8.68. The highest BCUT2D eigenvalue weighted by atomic mass is 35.5. The van der Waals surface area contributed by atoms with E-state index in [1.54, 1.807) is 42.6 Å². The first-order valence-corrected chi connectivity index (χ1v) is 6.00. The quantitative estimate of drug-likeness (QED) is 0.619. The summed E-state index contributed by atoms with van der Waals surface area (Å²) < 4.78 is 0. The van der Waals surface area contributed by atoms with E-state index in [2.05, 4.69) is 4.98 Å². The van der Waals surface area contributed by atoms with E-state index in [0.29, 0.717) is 21.2 Å². The minimum Gasteiger partial charge on any atom is -0.289 e. The normalized spacial score (nSPS) is 10.8. The van der Waals surface area contributed by atoms with Crippen LogP contribution >= 0.6 is 23.2 Å². The number of allylic oxidation sites excluding steroid dienone is 1. The van der Waals surface area contributed by atoms with E-state index in [9.17, 15) is 4.79 Å². The largest absolute Gasteiger partial charge is 0.289 e. The Morgan fingerprint density at radius 3 is 2.72 bits per heavy atom. The van der Waals surface area contributed by atoms with E-state index in [0.717, 1.165) is 0 Å². The van der Waals surface area contributed by atoms with Crippen LogP contribution in [-0.4, -0.2) is 10.8 Å². The number of rotatable bonds is 3. The van der Waals surface area contributed by atoms with Crippen molar-refractivity contribution in [1.82, 2.24) is 4.98 Å². The van der Waals surface area contributed by atoms with E-state index in [4.69, 9.17) is 23.2 Å². The number of hydrogen-bond donors (Lipinski definition) is 0. The molecule has 2 nitrogen and oxygen atoms in total. The molecule has 0 spiro atoms. The molecule has 2 rings (SSSR count). The summed E-state index contributed by atoms with van der Waals surface area (Å²) in [5, 5.41) is 0.905. The summed E-state index contributed by atoms with van der Waals surface area (Å²) in [5.74, 6) is -0.126. The van der Waals surface area contributed by atoms with Crippen LogP contribution in [0.5, 0.6) is 0 Å².